The van der Waals surface area contributed by atoms with Gasteiger partial charge in [0.05, 0.1) is 16.7 Å². The number of nitrogens with one attached hydrogen (secondary N) is 2. The summed E-state index contributed by atoms with van der Waals surface area (Å²) in [4.78, 5) is 28.5. The molecule has 4 aromatic rings. The third-order valence-corrected chi connectivity index (χ3v) is 7.36. The van der Waals surface area contributed by atoms with Gasteiger partial charge >= 0.3 is 6.03 Å². The number of urea groups is 1. The predicted molar refractivity (Wildman–Crippen MR) is 136 cm³/mol. The molecule has 1 aliphatic heterocycles. The molecule has 9 nitrogen and oxygen atoms in total. The number of pyridine rings is 1. The molecule has 2 N–H and O–H groups in total. The molecule has 0 spiro atoms. The molecule has 36 heavy (non-hydrogen) atoms. The van der Waals surface area contributed by atoms with E-state index in [1.54, 1.807) is 12.5 Å². The van der Waals surface area contributed by atoms with Gasteiger partial charge in [-0.2, -0.15) is 5.10 Å². The van der Waals surface area contributed by atoms with Crippen LogP contribution in [0, 0.1) is 5.92 Å². The molecule has 1 saturated heterocycles. The summed E-state index contributed by atoms with van der Waals surface area (Å²) in [6, 6.07) is 7.84. The first-order valence-electron chi connectivity index (χ1n) is 12.6. The highest BCUT2D eigenvalue weighted by molar-refractivity contribution is 6.31. The first-order chi connectivity index (χ1) is 17.6. The average Bonchev–Trinajstić information content (AvgIpc) is 3.66. The Bertz CT molecular complexity index is 1360. The number of aromatic amines is 1. The number of fused-ring (bicyclic) bond motifs is 1. The number of aromatic nitrogens is 5. The zero-order valence-corrected chi connectivity index (χ0v) is 20.7. The SMILES string of the molecule is O=C(N[C@H]1CCC[C@@H](Cc2cc(-c3ccco3)nc(-c3[nH]nc4ncc(Cl)cc34)n2)C1)N1CCCC1. The molecule has 2 atom stereocenters. The Morgan fingerprint density at radius 1 is 1.19 bits per heavy atom. The van der Waals surface area contributed by atoms with Gasteiger partial charge in [-0.05, 0) is 68.7 Å². The molecule has 1 aliphatic carbocycles. The Labute approximate surface area is 213 Å². The summed E-state index contributed by atoms with van der Waals surface area (Å²) >= 11 is 6.21. The fourth-order valence-electron chi connectivity index (χ4n) is 5.40. The van der Waals surface area contributed by atoms with Crippen molar-refractivity contribution in [3.8, 4) is 23.0 Å². The molecule has 4 aromatic heterocycles. The summed E-state index contributed by atoms with van der Waals surface area (Å²) in [6.07, 6.45) is 10.4. The molecular weight excluding hydrogens is 478 g/mol. The zero-order chi connectivity index (χ0) is 24.5. The van der Waals surface area contributed by atoms with E-state index in [1.165, 1.54) is 0 Å². The van der Waals surface area contributed by atoms with Crippen LogP contribution in [0.5, 0.6) is 0 Å². The Hall–Kier alpha value is -3.46. The van der Waals surface area contributed by atoms with Gasteiger partial charge in [0.2, 0.25) is 0 Å². The Morgan fingerprint density at radius 2 is 2.08 bits per heavy atom. The standard InChI is InChI=1S/C26H28ClN7O2/c27-17-13-20-23(32-33-24(20)28-15-17)25-29-19(14-21(31-25)22-7-4-10-36-22)12-16-5-3-6-18(11-16)30-26(35)34-8-1-2-9-34/h4,7,10,13-16,18H,1-3,5-6,8-9,11-12H2,(H,30,35)(H,28,32,33)/t16-,18+/m1/s1. The fourth-order valence-corrected chi connectivity index (χ4v) is 5.56. The maximum Gasteiger partial charge on any atom is 0.317 e. The lowest BCUT2D eigenvalue weighted by Crippen LogP contribution is -2.45. The van der Waals surface area contributed by atoms with Crippen molar-refractivity contribution in [2.75, 3.05) is 13.1 Å². The molecule has 1 saturated carbocycles. The largest absolute Gasteiger partial charge is 0.463 e. The van der Waals surface area contributed by atoms with Gasteiger partial charge in [-0.15, -0.1) is 0 Å². The Kier molecular flexibility index (Phi) is 6.31. The number of rotatable bonds is 5. The highest BCUT2D eigenvalue weighted by atomic mass is 35.5. The van der Waals surface area contributed by atoms with Crippen LogP contribution in [0.4, 0.5) is 4.79 Å². The minimum absolute atomic E-state index is 0.0842. The molecule has 0 radical (unpaired) electrons. The number of carbonyl (C=O) groups excluding carboxylic acids is 1. The Balaban J connectivity index is 1.26. The fraction of sp³-hybridized carbons (Fsp3) is 0.423. The third-order valence-electron chi connectivity index (χ3n) is 7.15. The lowest BCUT2D eigenvalue weighted by Gasteiger charge is -2.31. The monoisotopic (exact) mass is 505 g/mol. The molecular formula is C26H28ClN7O2. The molecule has 6 rings (SSSR count). The summed E-state index contributed by atoms with van der Waals surface area (Å²) in [6.45, 7) is 1.73. The smallest absolute Gasteiger partial charge is 0.317 e. The van der Waals surface area contributed by atoms with E-state index in [-0.39, 0.29) is 12.1 Å². The van der Waals surface area contributed by atoms with Gasteiger partial charge in [0, 0.05) is 31.0 Å². The van der Waals surface area contributed by atoms with Gasteiger partial charge in [-0.1, -0.05) is 18.0 Å². The highest BCUT2D eigenvalue weighted by Gasteiger charge is 2.27. The number of amides is 2. The minimum atomic E-state index is 0.0842. The van der Waals surface area contributed by atoms with Crippen molar-refractivity contribution in [3.05, 3.63) is 47.4 Å². The van der Waals surface area contributed by atoms with Crippen LogP contribution >= 0.6 is 11.6 Å². The van der Waals surface area contributed by atoms with Crippen LogP contribution in [-0.4, -0.2) is 55.2 Å². The van der Waals surface area contributed by atoms with E-state index >= 15 is 0 Å². The maximum absolute atomic E-state index is 12.6. The third kappa shape index (κ3) is 4.80. The lowest BCUT2D eigenvalue weighted by atomic mass is 9.83. The topological polar surface area (TPSA) is 113 Å². The molecule has 5 heterocycles. The first-order valence-corrected chi connectivity index (χ1v) is 13.0. The van der Waals surface area contributed by atoms with Crippen molar-refractivity contribution < 1.29 is 9.21 Å². The number of halogens is 1. The number of H-pyrrole nitrogens is 1. The van der Waals surface area contributed by atoms with E-state index in [2.05, 4.69) is 20.5 Å². The molecule has 2 aliphatic rings. The van der Waals surface area contributed by atoms with Gasteiger partial charge in [0.15, 0.2) is 17.2 Å². The zero-order valence-electron chi connectivity index (χ0n) is 19.9. The molecule has 186 valence electrons. The number of carbonyl (C=O) groups is 1. The molecule has 2 amide bonds. The number of nitrogens with zero attached hydrogens (tertiary/aromatic N) is 5. The van der Waals surface area contributed by atoms with Crippen molar-refractivity contribution in [2.24, 2.45) is 5.92 Å². The lowest BCUT2D eigenvalue weighted by molar-refractivity contribution is 0.195. The van der Waals surface area contributed by atoms with Crippen molar-refractivity contribution in [1.29, 1.82) is 0 Å². The van der Waals surface area contributed by atoms with Crippen LogP contribution < -0.4 is 5.32 Å². The minimum Gasteiger partial charge on any atom is -0.463 e. The first kappa shape index (κ1) is 23.0. The van der Waals surface area contributed by atoms with Gasteiger partial charge in [0.1, 0.15) is 11.4 Å². The average molecular weight is 506 g/mol. The van der Waals surface area contributed by atoms with E-state index in [9.17, 15) is 4.79 Å². The number of hydrogen-bond donors (Lipinski definition) is 2. The molecule has 0 bridgehead atoms. The highest BCUT2D eigenvalue weighted by Crippen LogP contribution is 2.31. The van der Waals surface area contributed by atoms with Gasteiger partial charge < -0.3 is 14.6 Å². The second-order valence-corrected chi connectivity index (χ2v) is 10.2. The maximum atomic E-state index is 12.6. The molecule has 0 unspecified atom stereocenters. The summed E-state index contributed by atoms with van der Waals surface area (Å²) < 4.78 is 5.65. The molecule has 0 aromatic carbocycles. The van der Waals surface area contributed by atoms with Crippen LogP contribution in [0.15, 0.2) is 41.1 Å². The second-order valence-electron chi connectivity index (χ2n) is 9.75. The van der Waals surface area contributed by atoms with E-state index in [0.717, 1.165) is 69.1 Å². The van der Waals surface area contributed by atoms with E-state index in [0.29, 0.717) is 39.6 Å². The summed E-state index contributed by atoms with van der Waals surface area (Å²) in [5.74, 6) is 1.63. The van der Waals surface area contributed by atoms with E-state index in [4.69, 9.17) is 26.0 Å². The quantitative estimate of drug-likeness (QED) is 0.383. The summed E-state index contributed by atoms with van der Waals surface area (Å²) in [7, 11) is 0. The second kappa shape index (κ2) is 9.89. The van der Waals surface area contributed by atoms with Gasteiger partial charge in [-0.3, -0.25) is 5.10 Å². The Morgan fingerprint density at radius 3 is 2.92 bits per heavy atom. The predicted octanol–water partition coefficient (Wildman–Crippen LogP) is 5.24. The van der Waals surface area contributed by atoms with E-state index < -0.39 is 0 Å². The molecule has 2 fully saturated rings. The van der Waals surface area contributed by atoms with Gasteiger partial charge in [-0.25, -0.2) is 19.7 Å². The van der Waals surface area contributed by atoms with Crippen molar-refractivity contribution in [1.82, 2.24) is 35.4 Å². The van der Waals surface area contributed by atoms with Crippen molar-refractivity contribution in [3.63, 3.8) is 0 Å². The number of likely N-dealkylation sites (tertiary alicyclic amines) is 1. The van der Waals surface area contributed by atoms with Crippen LogP contribution in [-0.2, 0) is 6.42 Å². The normalized spacial score (nSPS) is 20.2. The summed E-state index contributed by atoms with van der Waals surface area (Å²) in [5.41, 5.74) is 2.88. The van der Waals surface area contributed by atoms with Crippen molar-refractivity contribution >= 4 is 28.7 Å². The van der Waals surface area contributed by atoms with Crippen LogP contribution in [0.25, 0.3) is 34.0 Å². The number of furan rings is 1. The molecule has 10 heteroatoms. The van der Waals surface area contributed by atoms with E-state index in [1.807, 2.05) is 29.2 Å². The van der Waals surface area contributed by atoms with Crippen molar-refractivity contribution in [2.45, 2.75) is 51.0 Å². The van der Waals surface area contributed by atoms with Gasteiger partial charge in [0.25, 0.3) is 0 Å². The number of hydrogen-bond acceptors (Lipinski definition) is 6. The summed E-state index contributed by atoms with van der Waals surface area (Å²) in [5, 5.41) is 11.9. The van der Waals surface area contributed by atoms with Crippen LogP contribution in [0.3, 0.4) is 0 Å². The van der Waals surface area contributed by atoms with Crippen LogP contribution in [0.2, 0.25) is 5.02 Å². The van der Waals surface area contributed by atoms with Crippen LogP contribution in [0.1, 0.15) is 44.2 Å².